The maximum atomic E-state index is 9.90. The van der Waals surface area contributed by atoms with Gasteiger partial charge in [0.1, 0.15) is 0 Å². The number of para-hydroxylation sites is 1. The molecule has 2 heteroatoms. The predicted octanol–water partition coefficient (Wildman–Crippen LogP) is 3.87. The third-order valence-corrected chi connectivity index (χ3v) is 2.13. The van der Waals surface area contributed by atoms with Crippen LogP contribution >= 0.6 is 0 Å². The Bertz CT molecular complexity index is 453. The second kappa shape index (κ2) is 7.23. The van der Waals surface area contributed by atoms with Gasteiger partial charge in [0.25, 0.3) is 5.69 Å². The zero-order chi connectivity index (χ0) is 12.5. The van der Waals surface area contributed by atoms with E-state index in [-0.39, 0.29) is 0 Å². The molecule has 1 rings (SSSR count). The molecule has 0 heterocycles. The van der Waals surface area contributed by atoms with Crippen LogP contribution in [0, 0.1) is 0 Å². The van der Waals surface area contributed by atoms with E-state index in [1.54, 1.807) is 6.21 Å². The molecule has 0 fully saturated rings. The monoisotopic (exact) mass is 228 g/mol. The van der Waals surface area contributed by atoms with E-state index >= 15 is 0 Å². The molecule has 0 unspecified atom stereocenters. The largest absolute Gasteiger partial charge is 0.285 e. The zero-order valence-electron chi connectivity index (χ0n) is 10.2. The van der Waals surface area contributed by atoms with Gasteiger partial charge in [-0.15, -0.1) is 0 Å². The minimum absolute atomic E-state index is 0.739. The van der Waals surface area contributed by atoms with Crippen molar-refractivity contribution in [1.82, 2.24) is 0 Å². The summed E-state index contributed by atoms with van der Waals surface area (Å²) in [5.74, 6) is 0. The van der Waals surface area contributed by atoms with Crippen LogP contribution in [0.3, 0.4) is 0 Å². The highest BCUT2D eigenvalue weighted by Gasteiger charge is 2.05. The van der Waals surface area contributed by atoms with Crippen molar-refractivity contribution < 1.29 is 9.95 Å². The molecular weight excluding hydrogens is 210 g/mol. The van der Waals surface area contributed by atoms with Crippen molar-refractivity contribution in [3.63, 3.8) is 0 Å². The molecule has 1 N–H and O–H groups in total. The van der Waals surface area contributed by atoms with Gasteiger partial charge in [0.15, 0.2) is 0 Å². The van der Waals surface area contributed by atoms with Gasteiger partial charge in [0, 0.05) is 22.4 Å². The van der Waals surface area contributed by atoms with Crippen LogP contribution in [0.15, 0.2) is 66.3 Å². The van der Waals surface area contributed by atoms with Gasteiger partial charge in [-0.3, -0.25) is 5.21 Å². The molecular formula is C15H18NO+. The fourth-order valence-electron chi connectivity index (χ4n) is 1.34. The molecule has 0 aliphatic rings. The van der Waals surface area contributed by atoms with Gasteiger partial charge in [0.05, 0.1) is 0 Å². The Kier molecular flexibility index (Phi) is 5.52. The summed E-state index contributed by atoms with van der Waals surface area (Å²) in [5, 5.41) is 9.90. The number of rotatable bonds is 4. The van der Waals surface area contributed by atoms with E-state index in [0.717, 1.165) is 16.0 Å². The molecule has 1 aromatic rings. The Hall–Kier alpha value is -2.09. The van der Waals surface area contributed by atoms with E-state index in [2.05, 4.69) is 0 Å². The summed E-state index contributed by atoms with van der Waals surface area (Å²) in [6.45, 7) is 3.90. The van der Waals surface area contributed by atoms with Crippen molar-refractivity contribution in [2.75, 3.05) is 0 Å². The molecule has 0 atom stereocenters. The predicted molar refractivity (Wildman–Crippen MR) is 71.9 cm³/mol. The lowest BCUT2D eigenvalue weighted by atomic mass is 10.2. The topological polar surface area (TPSA) is 23.2 Å². The normalized spacial score (nSPS) is 13.8. The van der Waals surface area contributed by atoms with Gasteiger partial charge in [-0.2, -0.15) is 0 Å². The lowest BCUT2D eigenvalue weighted by Crippen LogP contribution is -2.01. The highest BCUT2D eigenvalue weighted by molar-refractivity contribution is 5.79. The molecule has 0 saturated heterocycles. The maximum absolute atomic E-state index is 9.90. The van der Waals surface area contributed by atoms with E-state index < -0.39 is 0 Å². The summed E-state index contributed by atoms with van der Waals surface area (Å²) in [6.07, 6.45) is 11.4. The van der Waals surface area contributed by atoms with Gasteiger partial charge < -0.3 is 0 Å². The molecule has 0 aromatic heterocycles. The number of benzene rings is 1. The third-order valence-electron chi connectivity index (χ3n) is 2.13. The van der Waals surface area contributed by atoms with Gasteiger partial charge in [0.2, 0.25) is 6.21 Å². The van der Waals surface area contributed by atoms with Crippen LogP contribution in [0.4, 0.5) is 5.69 Å². The van der Waals surface area contributed by atoms with Gasteiger partial charge in [-0.25, -0.2) is 0 Å². The van der Waals surface area contributed by atoms with Crippen molar-refractivity contribution in [1.29, 1.82) is 0 Å². The van der Waals surface area contributed by atoms with Gasteiger partial charge >= 0.3 is 0 Å². The number of hydrogen-bond acceptors (Lipinski definition) is 1. The second-order valence-corrected chi connectivity index (χ2v) is 3.50. The van der Waals surface area contributed by atoms with Crippen molar-refractivity contribution in [3.8, 4) is 0 Å². The van der Waals surface area contributed by atoms with Crippen molar-refractivity contribution in [2.45, 2.75) is 13.8 Å². The Balaban J connectivity index is 2.99. The molecule has 0 saturated carbocycles. The molecule has 0 radical (unpaired) electrons. The molecule has 0 bridgehead atoms. The van der Waals surface area contributed by atoms with Gasteiger partial charge in [-0.1, -0.05) is 42.5 Å². The zero-order valence-corrected chi connectivity index (χ0v) is 10.2. The highest BCUT2D eigenvalue weighted by atomic mass is 16.5. The molecule has 17 heavy (non-hydrogen) atoms. The Morgan fingerprint density at radius 3 is 2.41 bits per heavy atom. The van der Waals surface area contributed by atoms with E-state index in [4.69, 9.17) is 0 Å². The molecule has 0 aliphatic heterocycles. The Labute approximate surface area is 103 Å². The standard InChI is InChI=1S/C15H18NO/c1-3-5-10-14(9-4-2)13-16(17)15-11-7-6-8-12-15/h3-13,17H,1-2H3/q+1/b5-3-,9-4-,14-10+,16-13?. The van der Waals surface area contributed by atoms with Crippen molar-refractivity contribution in [3.05, 3.63) is 66.3 Å². The van der Waals surface area contributed by atoms with E-state index in [1.165, 1.54) is 0 Å². The second-order valence-electron chi connectivity index (χ2n) is 3.50. The van der Waals surface area contributed by atoms with Crippen LogP contribution in [0.5, 0.6) is 0 Å². The first-order valence-electron chi connectivity index (χ1n) is 5.61. The summed E-state index contributed by atoms with van der Waals surface area (Å²) in [6, 6.07) is 9.38. The average Bonchev–Trinajstić information content (AvgIpc) is 2.37. The quantitative estimate of drug-likeness (QED) is 0.273. The first-order valence-corrected chi connectivity index (χ1v) is 5.61. The smallest absolute Gasteiger partial charge is 0.257 e. The average molecular weight is 228 g/mol. The summed E-state index contributed by atoms with van der Waals surface area (Å²) < 4.78 is 1.12. The van der Waals surface area contributed by atoms with Crippen LogP contribution in [0.1, 0.15) is 13.8 Å². The molecule has 0 aliphatic carbocycles. The Morgan fingerprint density at radius 2 is 1.82 bits per heavy atom. The van der Waals surface area contributed by atoms with Crippen LogP contribution in [-0.2, 0) is 0 Å². The lowest BCUT2D eigenvalue weighted by molar-refractivity contribution is -0.709. The molecule has 2 nitrogen and oxygen atoms in total. The first-order chi connectivity index (χ1) is 8.27. The first kappa shape index (κ1) is 13.0. The van der Waals surface area contributed by atoms with Crippen LogP contribution in [0.2, 0.25) is 0 Å². The number of nitrogens with zero attached hydrogens (tertiary/aromatic N) is 1. The minimum Gasteiger partial charge on any atom is -0.285 e. The lowest BCUT2D eigenvalue weighted by Gasteiger charge is -1.92. The molecule has 1 aromatic carbocycles. The fraction of sp³-hybridized carbons (Fsp3) is 0.133. The number of allylic oxidation sites excluding steroid dienone is 6. The minimum atomic E-state index is 0.739. The third kappa shape index (κ3) is 4.51. The van der Waals surface area contributed by atoms with Crippen molar-refractivity contribution >= 4 is 11.9 Å². The van der Waals surface area contributed by atoms with E-state index in [9.17, 15) is 5.21 Å². The SMILES string of the molecule is C\C=C/C=C(C=[N+](O)c1ccccc1)\C=C/C. The van der Waals surface area contributed by atoms with Crippen molar-refractivity contribution in [2.24, 2.45) is 0 Å². The summed E-state index contributed by atoms with van der Waals surface area (Å²) in [7, 11) is 0. The molecule has 0 amide bonds. The van der Waals surface area contributed by atoms with Crippen LogP contribution in [0.25, 0.3) is 0 Å². The summed E-state index contributed by atoms with van der Waals surface area (Å²) >= 11 is 0. The van der Waals surface area contributed by atoms with Crippen LogP contribution in [-0.4, -0.2) is 16.2 Å². The van der Waals surface area contributed by atoms with E-state index in [0.29, 0.717) is 0 Å². The molecule has 0 spiro atoms. The van der Waals surface area contributed by atoms with E-state index in [1.807, 2.05) is 74.6 Å². The highest BCUT2D eigenvalue weighted by Crippen LogP contribution is 2.08. The number of hydrogen-bond donors (Lipinski definition) is 1. The van der Waals surface area contributed by atoms with Crippen LogP contribution < -0.4 is 0 Å². The Morgan fingerprint density at radius 1 is 1.12 bits per heavy atom. The summed E-state index contributed by atoms with van der Waals surface area (Å²) in [4.78, 5) is 0. The van der Waals surface area contributed by atoms with Gasteiger partial charge in [-0.05, 0) is 19.9 Å². The fourth-order valence-corrected chi connectivity index (χ4v) is 1.34. The maximum Gasteiger partial charge on any atom is 0.257 e. The summed E-state index contributed by atoms with van der Waals surface area (Å²) in [5.41, 5.74) is 1.67. The molecule has 88 valence electrons.